The molecule has 0 aliphatic heterocycles. The fraction of sp³-hybridized carbons (Fsp3) is 0.400. The normalized spacial score (nSPS) is 12.9. The van der Waals surface area contributed by atoms with Crippen LogP contribution in [0.15, 0.2) is 24.3 Å². The Labute approximate surface area is 73.2 Å². The highest BCUT2D eigenvalue weighted by molar-refractivity contribution is 5.24. The monoisotopic (exact) mass is 165 g/mol. The molecular formula is C10H15NO. The minimum absolute atomic E-state index is 0.0601. The quantitative estimate of drug-likeness (QED) is 0.706. The molecule has 2 N–H and O–H groups in total. The summed E-state index contributed by atoms with van der Waals surface area (Å²) in [5.41, 5.74) is 2.36. The van der Waals surface area contributed by atoms with Gasteiger partial charge in [-0.25, -0.2) is 0 Å². The number of aliphatic hydroxyl groups is 1. The Morgan fingerprint density at radius 1 is 1.50 bits per heavy atom. The number of benzene rings is 1. The fourth-order valence-electron chi connectivity index (χ4n) is 1.25. The van der Waals surface area contributed by atoms with E-state index in [1.807, 2.05) is 32.2 Å². The molecule has 66 valence electrons. The number of hydrogen-bond donors (Lipinski definition) is 2. The van der Waals surface area contributed by atoms with Crippen LogP contribution < -0.4 is 5.32 Å². The standard InChI is InChI=1S/C10H15NO/c1-8-4-3-5-9(6-8)10(7-12)11-2/h3-6,10-12H,7H2,1-2H3. The van der Waals surface area contributed by atoms with Crippen molar-refractivity contribution in [3.8, 4) is 0 Å². The first-order valence-corrected chi connectivity index (χ1v) is 4.12. The summed E-state index contributed by atoms with van der Waals surface area (Å²) >= 11 is 0. The highest BCUT2D eigenvalue weighted by Gasteiger charge is 2.05. The molecule has 1 aromatic rings. The molecule has 0 heterocycles. The van der Waals surface area contributed by atoms with Crippen LogP contribution in [0.4, 0.5) is 0 Å². The molecule has 2 heteroatoms. The van der Waals surface area contributed by atoms with E-state index >= 15 is 0 Å². The van der Waals surface area contributed by atoms with Crippen LogP contribution in [0.1, 0.15) is 17.2 Å². The lowest BCUT2D eigenvalue weighted by atomic mass is 10.1. The van der Waals surface area contributed by atoms with Crippen LogP contribution in [-0.2, 0) is 0 Å². The minimum atomic E-state index is 0.0601. The van der Waals surface area contributed by atoms with Gasteiger partial charge in [-0.15, -0.1) is 0 Å². The largest absolute Gasteiger partial charge is 0.394 e. The van der Waals surface area contributed by atoms with Gasteiger partial charge in [0.15, 0.2) is 0 Å². The van der Waals surface area contributed by atoms with E-state index in [1.165, 1.54) is 5.56 Å². The Kier molecular flexibility index (Phi) is 3.26. The van der Waals surface area contributed by atoms with Gasteiger partial charge >= 0.3 is 0 Å². The average Bonchev–Trinajstić information content (AvgIpc) is 2.07. The van der Waals surface area contributed by atoms with Crippen LogP contribution in [0.25, 0.3) is 0 Å². The average molecular weight is 165 g/mol. The summed E-state index contributed by atoms with van der Waals surface area (Å²) < 4.78 is 0. The molecule has 0 fully saturated rings. The molecule has 1 atom stereocenters. The lowest BCUT2D eigenvalue weighted by Gasteiger charge is -2.13. The smallest absolute Gasteiger partial charge is 0.0626 e. The third kappa shape index (κ3) is 2.06. The van der Waals surface area contributed by atoms with E-state index in [2.05, 4.69) is 11.4 Å². The van der Waals surface area contributed by atoms with Gasteiger partial charge in [-0.1, -0.05) is 29.8 Å². The van der Waals surface area contributed by atoms with E-state index in [0.29, 0.717) is 0 Å². The Morgan fingerprint density at radius 3 is 2.75 bits per heavy atom. The maximum Gasteiger partial charge on any atom is 0.0626 e. The van der Waals surface area contributed by atoms with Gasteiger partial charge in [-0.2, -0.15) is 0 Å². The Bertz CT molecular complexity index is 243. The molecule has 0 aromatic heterocycles. The summed E-state index contributed by atoms with van der Waals surface area (Å²) in [5, 5.41) is 12.1. The third-order valence-corrected chi connectivity index (χ3v) is 1.98. The first-order valence-electron chi connectivity index (χ1n) is 4.12. The molecule has 12 heavy (non-hydrogen) atoms. The zero-order chi connectivity index (χ0) is 8.97. The zero-order valence-electron chi connectivity index (χ0n) is 7.54. The van der Waals surface area contributed by atoms with Crippen molar-refractivity contribution in [2.45, 2.75) is 13.0 Å². The van der Waals surface area contributed by atoms with E-state index in [9.17, 15) is 0 Å². The SMILES string of the molecule is CNC(CO)c1cccc(C)c1. The second kappa shape index (κ2) is 4.24. The predicted octanol–water partition coefficient (Wildman–Crippen LogP) is 1.25. The topological polar surface area (TPSA) is 32.3 Å². The maximum atomic E-state index is 9.01. The van der Waals surface area contributed by atoms with Gasteiger partial charge in [0, 0.05) is 0 Å². The van der Waals surface area contributed by atoms with Gasteiger partial charge in [0.1, 0.15) is 0 Å². The van der Waals surface area contributed by atoms with Crippen LogP contribution >= 0.6 is 0 Å². The van der Waals surface area contributed by atoms with Crippen LogP contribution in [0, 0.1) is 6.92 Å². The van der Waals surface area contributed by atoms with Gasteiger partial charge in [0.2, 0.25) is 0 Å². The van der Waals surface area contributed by atoms with Crippen molar-refractivity contribution in [1.82, 2.24) is 5.32 Å². The maximum absolute atomic E-state index is 9.01. The second-order valence-corrected chi connectivity index (χ2v) is 2.94. The number of aryl methyl sites for hydroxylation is 1. The van der Waals surface area contributed by atoms with Gasteiger partial charge in [0.05, 0.1) is 12.6 Å². The number of rotatable bonds is 3. The summed E-state index contributed by atoms with van der Waals surface area (Å²) in [6.45, 7) is 2.19. The molecule has 0 saturated heterocycles. The van der Waals surface area contributed by atoms with E-state index in [1.54, 1.807) is 0 Å². The highest BCUT2D eigenvalue weighted by Crippen LogP contribution is 2.12. The molecule has 1 rings (SSSR count). The fourth-order valence-corrected chi connectivity index (χ4v) is 1.25. The number of aliphatic hydroxyl groups excluding tert-OH is 1. The molecular weight excluding hydrogens is 150 g/mol. The Morgan fingerprint density at radius 2 is 2.25 bits per heavy atom. The number of likely N-dealkylation sites (N-methyl/N-ethyl adjacent to an activating group) is 1. The van der Waals surface area contributed by atoms with Crippen LogP contribution in [0.3, 0.4) is 0 Å². The Hall–Kier alpha value is -0.860. The van der Waals surface area contributed by atoms with Crippen LogP contribution in [0.5, 0.6) is 0 Å². The molecule has 1 unspecified atom stereocenters. The summed E-state index contributed by atoms with van der Waals surface area (Å²) in [6, 6.07) is 8.21. The lowest BCUT2D eigenvalue weighted by Crippen LogP contribution is -2.19. The van der Waals surface area contributed by atoms with Crippen LogP contribution in [0.2, 0.25) is 0 Å². The van der Waals surface area contributed by atoms with Crippen molar-refractivity contribution in [2.75, 3.05) is 13.7 Å². The molecule has 0 radical (unpaired) electrons. The summed E-state index contributed by atoms with van der Waals surface area (Å²) in [7, 11) is 1.85. The molecule has 1 aromatic carbocycles. The van der Waals surface area contributed by atoms with Crippen molar-refractivity contribution < 1.29 is 5.11 Å². The predicted molar refractivity (Wildman–Crippen MR) is 50.1 cm³/mol. The first-order chi connectivity index (χ1) is 5.77. The molecule has 0 bridgehead atoms. The molecule has 0 saturated carbocycles. The van der Waals surface area contributed by atoms with Crippen molar-refractivity contribution in [3.63, 3.8) is 0 Å². The van der Waals surface area contributed by atoms with Gasteiger partial charge < -0.3 is 10.4 Å². The van der Waals surface area contributed by atoms with E-state index in [4.69, 9.17) is 5.11 Å². The molecule has 0 amide bonds. The number of nitrogens with one attached hydrogen (secondary N) is 1. The van der Waals surface area contributed by atoms with E-state index in [0.717, 1.165) is 5.56 Å². The van der Waals surface area contributed by atoms with E-state index in [-0.39, 0.29) is 12.6 Å². The Balaban J connectivity index is 2.85. The van der Waals surface area contributed by atoms with Crippen molar-refractivity contribution in [1.29, 1.82) is 0 Å². The molecule has 0 aliphatic carbocycles. The summed E-state index contributed by atoms with van der Waals surface area (Å²) in [4.78, 5) is 0. The van der Waals surface area contributed by atoms with Crippen molar-refractivity contribution in [2.24, 2.45) is 0 Å². The molecule has 0 aliphatic rings. The van der Waals surface area contributed by atoms with Gasteiger partial charge in [0.25, 0.3) is 0 Å². The zero-order valence-corrected chi connectivity index (χ0v) is 7.54. The van der Waals surface area contributed by atoms with E-state index < -0.39 is 0 Å². The second-order valence-electron chi connectivity index (χ2n) is 2.94. The van der Waals surface area contributed by atoms with Crippen molar-refractivity contribution in [3.05, 3.63) is 35.4 Å². The minimum Gasteiger partial charge on any atom is -0.394 e. The third-order valence-electron chi connectivity index (χ3n) is 1.98. The summed E-state index contributed by atoms with van der Waals surface area (Å²) in [5.74, 6) is 0. The van der Waals surface area contributed by atoms with Gasteiger partial charge in [-0.3, -0.25) is 0 Å². The van der Waals surface area contributed by atoms with Crippen LogP contribution in [-0.4, -0.2) is 18.8 Å². The summed E-state index contributed by atoms with van der Waals surface area (Å²) in [6.07, 6.45) is 0. The molecule has 0 spiro atoms. The molecule has 2 nitrogen and oxygen atoms in total. The first kappa shape index (κ1) is 9.23. The van der Waals surface area contributed by atoms with Gasteiger partial charge in [-0.05, 0) is 19.5 Å². The number of hydrogen-bond acceptors (Lipinski definition) is 2. The van der Waals surface area contributed by atoms with Crippen molar-refractivity contribution >= 4 is 0 Å². The lowest BCUT2D eigenvalue weighted by molar-refractivity contribution is 0.251. The highest BCUT2D eigenvalue weighted by atomic mass is 16.3.